The van der Waals surface area contributed by atoms with Crippen molar-refractivity contribution in [2.24, 2.45) is 11.7 Å². The molecule has 3 amide bonds. The molecule has 0 aromatic carbocycles. The van der Waals surface area contributed by atoms with Crippen LogP contribution in [0.5, 0.6) is 0 Å². The number of carbonyl (C=O) groups is 4. The Morgan fingerprint density at radius 2 is 1.59 bits per heavy atom. The van der Waals surface area contributed by atoms with Gasteiger partial charge in [-0.2, -0.15) is 0 Å². The molecule has 0 aromatic rings. The van der Waals surface area contributed by atoms with Gasteiger partial charge < -0.3 is 42.0 Å². The first kappa shape index (κ1) is 30.9. The maximum atomic E-state index is 13.0. The average molecular weight is 489 g/mol. The van der Waals surface area contributed by atoms with Gasteiger partial charge in [0.15, 0.2) is 12.0 Å². The molecule has 0 aromatic heterocycles. The lowest BCUT2D eigenvalue weighted by Gasteiger charge is -2.28. The summed E-state index contributed by atoms with van der Waals surface area (Å²) in [5, 5.41) is 36.0. The summed E-state index contributed by atoms with van der Waals surface area (Å²) in [5.41, 5.74) is 4.45. The number of rotatable bonds is 13. The van der Waals surface area contributed by atoms with Crippen LogP contribution in [0.3, 0.4) is 0 Å². The normalized spacial score (nSPS) is 15.6. The van der Waals surface area contributed by atoms with E-state index >= 15 is 0 Å². The largest absolute Gasteiger partial charge is 0.480 e. The summed E-state index contributed by atoms with van der Waals surface area (Å²) in [5.74, 6) is -3.47. The number of amides is 3. The second-order valence-electron chi connectivity index (χ2n) is 9.12. The lowest BCUT2D eigenvalue weighted by molar-refractivity contribution is -0.145. The summed E-state index contributed by atoms with van der Waals surface area (Å²) in [6.45, 7) is 10.0. The van der Waals surface area contributed by atoms with Crippen molar-refractivity contribution in [1.82, 2.24) is 21.3 Å². The molecule has 34 heavy (non-hydrogen) atoms. The van der Waals surface area contributed by atoms with Crippen LogP contribution in [0.1, 0.15) is 60.8 Å². The first-order valence-corrected chi connectivity index (χ1v) is 11.2. The van der Waals surface area contributed by atoms with E-state index in [2.05, 4.69) is 21.3 Å². The molecule has 13 nitrogen and oxygen atoms in total. The molecular weight excluding hydrogens is 448 g/mol. The number of carbonyl (C=O) groups excluding carboxylic acids is 3. The quantitative estimate of drug-likeness (QED) is 0.0961. The summed E-state index contributed by atoms with van der Waals surface area (Å²) < 4.78 is 5.22. The van der Waals surface area contributed by atoms with Crippen molar-refractivity contribution in [2.45, 2.75) is 90.6 Å². The number of carboxylic acid groups (broad SMARTS) is 1. The van der Waals surface area contributed by atoms with Crippen molar-refractivity contribution >= 4 is 29.8 Å². The number of nitrogens with two attached hydrogens (primary N) is 1. The Kier molecular flexibility index (Phi) is 12.9. The second kappa shape index (κ2) is 14.2. The number of hydrogen-bond acceptors (Lipinski definition) is 7. The topological polar surface area (TPSA) is 216 Å². The molecule has 0 saturated carbocycles. The Morgan fingerprint density at radius 1 is 1.03 bits per heavy atom. The zero-order valence-corrected chi connectivity index (χ0v) is 20.7. The zero-order valence-electron chi connectivity index (χ0n) is 20.7. The molecule has 0 aliphatic carbocycles. The van der Waals surface area contributed by atoms with Crippen LogP contribution in [-0.4, -0.2) is 76.4 Å². The monoisotopic (exact) mass is 488 g/mol. The summed E-state index contributed by atoms with van der Waals surface area (Å²) in [7, 11) is 0. The Morgan fingerprint density at radius 3 is 2.03 bits per heavy atom. The molecule has 13 heteroatoms. The molecule has 0 fully saturated rings. The smallest absolute Gasteiger partial charge is 0.408 e. The summed E-state index contributed by atoms with van der Waals surface area (Å²) in [6.07, 6.45) is -1.19. The van der Waals surface area contributed by atoms with Crippen LogP contribution < -0.4 is 27.0 Å². The van der Waals surface area contributed by atoms with E-state index in [1.807, 2.05) is 0 Å². The minimum atomic E-state index is -1.55. The Hall–Kier alpha value is -3.09. The van der Waals surface area contributed by atoms with Gasteiger partial charge in [0.25, 0.3) is 0 Å². The van der Waals surface area contributed by atoms with Crippen molar-refractivity contribution in [3.8, 4) is 0 Å². The highest BCUT2D eigenvalue weighted by Gasteiger charge is 2.34. The van der Waals surface area contributed by atoms with Gasteiger partial charge >= 0.3 is 12.1 Å². The van der Waals surface area contributed by atoms with E-state index in [0.29, 0.717) is 12.8 Å². The number of aliphatic hydroxyl groups is 1. The zero-order chi connectivity index (χ0) is 26.6. The third-order valence-electron chi connectivity index (χ3n) is 4.83. The number of aliphatic carboxylic acids is 1. The molecule has 0 bridgehead atoms. The van der Waals surface area contributed by atoms with Gasteiger partial charge in [0.2, 0.25) is 11.8 Å². The fourth-order valence-corrected chi connectivity index (χ4v) is 2.84. The minimum Gasteiger partial charge on any atom is -0.480 e. The van der Waals surface area contributed by atoms with Crippen LogP contribution in [0, 0.1) is 11.3 Å². The molecule has 0 aliphatic heterocycles. The van der Waals surface area contributed by atoms with Gasteiger partial charge in [0, 0.05) is 6.54 Å². The molecule has 1 unspecified atom stereocenters. The highest BCUT2D eigenvalue weighted by atomic mass is 16.6. The van der Waals surface area contributed by atoms with Crippen LogP contribution in [0.2, 0.25) is 0 Å². The highest BCUT2D eigenvalue weighted by molar-refractivity contribution is 5.93. The number of nitrogens with one attached hydrogen (secondary N) is 5. The molecule has 9 N–H and O–H groups in total. The van der Waals surface area contributed by atoms with E-state index in [1.54, 1.807) is 34.6 Å². The van der Waals surface area contributed by atoms with Crippen molar-refractivity contribution in [3.05, 3.63) is 0 Å². The first-order chi connectivity index (χ1) is 15.6. The fraction of sp³-hybridized carbons (Fsp3) is 0.762. The Bertz CT molecular complexity index is 723. The molecule has 0 heterocycles. The van der Waals surface area contributed by atoms with Gasteiger partial charge in [-0.3, -0.25) is 15.0 Å². The van der Waals surface area contributed by atoms with Crippen molar-refractivity contribution < 1.29 is 34.1 Å². The van der Waals surface area contributed by atoms with Crippen molar-refractivity contribution in [1.29, 1.82) is 5.41 Å². The Labute approximate surface area is 200 Å². The highest BCUT2D eigenvalue weighted by Crippen LogP contribution is 2.11. The third kappa shape index (κ3) is 12.2. The van der Waals surface area contributed by atoms with Crippen LogP contribution in [0.25, 0.3) is 0 Å². The predicted molar refractivity (Wildman–Crippen MR) is 125 cm³/mol. The van der Waals surface area contributed by atoms with E-state index in [0.717, 1.165) is 0 Å². The SMILES string of the molecule is CCC(C)[C@H](NC(=O)[C@@H](CCCNC(=N)N)NC(=O)OC(C)(C)C)C(=O)N[C@H](C(=O)O)[C@H](C)O. The number of aliphatic hydroxyl groups excluding tert-OH is 1. The minimum absolute atomic E-state index is 0.144. The third-order valence-corrected chi connectivity index (χ3v) is 4.83. The standard InChI is InChI=1S/C21H40N6O7/c1-7-11(2)14(17(30)27-15(12(3)28)18(31)32)26-16(29)13(9-8-10-24-19(22)23)25-20(33)34-21(4,5)6/h11-15,28H,7-10H2,1-6H3,(H,25,33)(H,26,29)(H,27,30)(H,31,32)(H4,22,23,24)/t11?,12-,13+,14-,15-/m0/s1. The van der Waals surface area contributed by atoms with E-state index < -0.39 is 53.7 Å². The van der Waals surface area contributed by atoms with Gasteiger partial charge in [-0.05, 0) is 46.5 Å². The van der Waals surface area contributed by atoms with Gasteiger partial charge in [-0.15, -0.1) is 0 Å². The number of ether oxygens (including phenoxy) is 1. The molecule has 0 rings (SSSR count). The lowest BCUT2D eigenvalue weighted by Crippen LogP contribution is -2.59. The lowest BCUT2D eigenvalue weighted by atomic mass is 9.97. The van der Waals surface area contributed by atoms with Gasteiger partial charge in [0.05, 0.1) is 6.10 Å². The van der Waals surface area contributed by atoms with Gasteiger partial charge in [-0.25, -0.2) is 9.59 Å². The van der Waals surface area contributed by atoms with Gasteiger partial charge in [-0.1, -0.05) is 20.3 Å². The summed E-state index contributed by atoms with van der Waals surface area (Å²) in [4.78, 5) is 49.5. The average Bonchev–Trinajstić information content (AvgIpc) is 2.69. The Balaban J connectivity index is 5.56. The van der Waals surface area contributed by atoms with E-state index in [1.165, 1.54) is 6.92 Å². The van der Waals surface area contributed by atoms with Crippen LogP contribution in [0.4, 0.5) is 4.79 Å². The number of alkyl carbamates (subject to hydrolysis) is 1. The molecule has 0 saturated heterocycles. The molecule has 0 radical (unpaired) electrons. The van der Waals surface area contributed by atoms with Crippen molar-refractivity contribution in [3.63, 3.8) is 0 Å². The van der Waals surface area contributed by atoms with Crippen LogP contribution >= 0.6 is 0 Å². The molecule has 0 spiro atoms. The van der Waals surface area contributed by atoms with Gasteiger partial charge in [0.1, 0.15) is 17.7 Å². The van der Waals surface area contributed by atoms with E-state index in [-0.39, 0.29) is 24.8 Å². The maximum Gasteiger partial charge on any atom is 0.408 e. The fourth-order valence-electron chi connectivity index (χ4n) is 2.84. The molecular formula is C21H40N6O7. The van der Waals surface area contributed by atoms with E-state index in [4.69, 9.17) is 15.9 Å². The van der Waals surface area contributed by atoms with Crippen LogP contribution in [0.15, 0.2) is 0 Å². The number of hydrogen-bond donors (Lipinski definition) is 8. The number of guanidine groups is 1. The molecule has 196 valence electrons. The molecule has 0 aliphatic rings. The molecule has 5 atom stereocenters. The summed E-state index contributed by atoms with van der Waals surface area (Å²) in [6, 6.07) is -3.74. The van der Waals surface area contributed by atoms with Crippen LogP contribution in [-0.2, 0) is 19.1 Å². The first-order valence-electron chi connectivity index (χ1n) is 11.2. The summed E-state index contributed by atoms with van der Waals surface area (Å²) >= 11 is 0. The predicted octanol–water partition coefficient (Wildman–Crippen LogP) is -0.376. The van der Waals surface area contributed by atoms with E-state index in [9.17, 15) is 29.4 Å². The van der Waals surface area contributed by atoms with Crippen molar-refractivity contribution in [2.75, 3.05) is 6.54 Å². The number of carboxylic acids is 1. The second-order valence-corrected chi connectivity index (χ2v) is 9.12. The maximum absolute atomic E-state index is 13.0.